The van der Waals surface area contributed by atoms with Crippen LogP contribution < -0.4 is 5.73 Å². The summed E-state index contributed by atoms with van der Waals surface area (Å²) in [7, 11) is 0. The van der Waals surface area contributed by atoms with Crippen molar-refractivity contribution in [3.63, 3.8) is 0 Å². The van der Waals surface area contributed by atoms with Crippen molar-refractivity contribution in [1.29, 1.82) is 5.26 Å². The van der Waals surface area contributed by atoms with Crippen LogP contribution in [0.25, 0.3) is 11.1 Å². The standard InChI is InChI=1S/C19H16N2O3/c1-13(21)17(11-20)18(22)12-24-19(23)16-9-7-15(8-10-16)14-5-3-2-4-6-14/h2-10H,12,21H2,1H3. The molecule has 5 heteroatoms. The minimum atomic E-state index is -0.630. The smallest absolute Gasteiger partial charge is 0.338 e. The third-order valence-corrected chi connectivity index (χ3v) is 3.35. The van der Waals surface area contributed by atoms with Gasteiger partial charge in [0, 0.05) is 5.70 Å². The molecule has 2 aromatic carbocycles. The number of ether oxygens (including phenoxy) is 1. The van der Waals surface area contributed by atoms with Gasteiger partial charge in [-0.25, -0.2) is 4.79 Å². The Balaban J connectivity index is 2.03. The number of nitrogens with two attached hydrogens (primary N) is 1. The molecule has 0 saturated carbocycles. The van der Waals surface area contributed by atoms with Crippen LogP contribution in [0.15, 0.2) is 65.9 Å². The van der Waals surface area contributed by atoms with Crippen LogP contribution in [0.5, 0.6) is 0 Å². The molecule has 0 unspecified atom stereocenters. The van der Waals surface area contributed by atoms with Gasteiger partial charge in [0.25, 0.3) is 0 Å². The molecule has 0 amide bonds. The summed E-state index contributed by atoms with van der Waals surface area (Å²) in [4.78, 5) is 23.7. The fourth-order valence-electron chi connectivity index (χ4n) is 2.09. The van der Waals surface area contributed by atoms with E-state index in [0.29, 0.717) is 5.56 Å². The summed E-state index contributed by atoms with van der Waals surface area (Å²) in [5, 5.41) is 8.84. The summed E-state index contributed by atoms with van der Waals surface area (Å²) in [6.07, 6.45) is 0. The number of Topliss-reactive ketones (excluding diaryl/α,β-unsaturated/α-hetero) is 1. The first-order valence-corrected chi connectivity index (χ1v) is 7.25. The number of ketones is 1. The summed E-state index contributed by atoms with van der Waals surface area (Å²) in [6, 6.07) is 18.3. The molecule has 0 aliphatic rings. The lowest BCUT2D eigenvalue weighted by Crippen LogP contribution is -2.17. The van der Waals surface area contributed by atoms with Crippen LogP contribution >= 0.6 is 0 Å². The Hall–Kier alpha value is -3.39. The van der Waals surface area contributed by atoms with Gasteiger partial charge < -0.3 is 10.5 Å². The molecule has 0 fully saturated rings. The molecule has 5 nitrogen and oxygen atoms in total. The van der Waals surface area contributed by atoms with Gasteiger partial charge in [-0.3, -0.25) is 4.79 Å². The monoisotopic (exact) mass is 320 g/mol. The summed E-state index contributed by atoms with van der Waals surface area (Å²) >= 11 is 0. The van der Waals surface area contributed by atoms with Crippen molar-refractivity contribution in [1.82, 2.24) is 0 Å². The molecule has 120 valence electrons. The maximum absolute atomic E-state index is 12.0. The fraction of sp³-hybridized carbons (Fsp3) is 0.105. The first-order valence-electron chi connectivity index (χ1n) is 7.25. The van der Waals surface area contributed by atoms with E-state index in [1.54, 1.807) is 30.3 Å². The molecule has 0 heterocycles. The Morgan fingerprint density at radius 1 is 1.04 bits per heavy atom. The number of nitriles is 1. The fourth-order valence-corrected chi connectivity index (χ4v) is 2.09. The number of rotatable bonds is 5. The highest BCUT2D eigenvalue weighted by molar-refractivity contribution is 6.02. The molecule has 0 aromatic heterocycles. The van der Waals surface area contributed by atoms with E-state index < -0.39 is 18.4 Å². The number of carbonyl (C=O) groups excluding carboxylic acids is 2. The van der Waals surface area contributed by atoms with Crippen molar-refractivity contribution < 1.29 is 14.3 Å². The molecule has 24 heavy (non-hydrogen) atoms. The van der Waals surface area contributed by atoms with E-state index in [-0.39, 0.29) is 11.3 Å². The molecule has 0 bridgehead atoms. The minimum Gasteiger partial charge on any atom is -0.454 e. The SMILES string of the molecule is CC(N)=C(C#N)C(=O)COC(=O)c1ccc(-c2ccccc2)cc1. The highest BCUT2D eigenvalue weighted by Crippen LogP contribution is 2.19. The molecule has 2 N–H and O–H groups in total. The second kappa shape index (κ2) is 7.75. The van der Waals surface area contributed by atoms with E-state index in [9.17, 15) is 9.59 Å². The number of carbonyl (C=O) groups is 2. The van der Waals surface area contributed by atoms with Gasteiger partial charge in [0.15, 0.2) is 6.61 Å². The van der Waals surface area contributed by atoms with Gasteiger partial charge in [0.2, 0.25) is 5.78 Å². The van der Waals surface area contributed by atoms with Gasteiger partial charge in [0.05, 0.1) is 5.56 Å². The highest BCUT2D eigenvalue weighted by atomic mass is 16.5. The Morgan fingerprint density at radius 3 is 2.17 bits per heavy atom. The van der Waals surface area contributed by atoms with Crippen molar-refractivity contribution in [2.45, 2.75) is 6.92 Å². The Kier molecular flexibility index (Phi) is 5.48. The molecule has 0 radical (unpaired) electrons. The molecular formula is C19H16N2O3. The van der Waals surface area contributed by atoms with Crippen molar-refractivity contribution in [2.75, 3.05) is 6.61 Å². The van der Waals surface area contributed by atoms with E-state index in [0.717, 1.165) is 11.1 Å². The number of hydrogen-bond acceptors (Lipinski definition) is 5. The van der Waals surface area contributed by atoms with Crippen LogP contribution in [-0.4, -0.2) is 18.4 Å². The summed E-state index contributed by atoms with van der Waals surface area (Å²) < 4.78 is 4.94. The zero-order valence-electron chi connectivity index (χ0n) is 13.2. The first kappa shape index (κ1) is 17.0. The summed E-state index contributed by atoms with van der Waals surface area (Å²) in [5.74, 6) is -1.25. The predicted molar refractivity (Wildman–Crippen MR) is 89.7 cm³/mol. The van der Waals surface area contributed by atoms with Gasteiger partial charge >= 0.3 is 5.97 Å². The van der Waals surface area contributed by atoms with E-state index in [1.807, 2.05) is 30.3 Å². The van der Waals surface area contributed by atoms with E-state index >= 15 is 0 Å². The third-order valence-electron chi connectivity index (χ3n) is 3.35. The number of benzene rings is 2. The number of hydrogen-bond donors (Lipinski definition) is 1. The molecule has 2 aromatic rings. The number of nitrogens with zero attached hydrogens (tertiary/aromatic N) is 1. The Morgan fingerprint density at radius 2 is 1.62 bits per heavy atom. The molecular weight excluding hydrogens is 304 g/mol. The molecule has 2 rings (SSSR count). The second-order valence-electron chi connectivity index (χ2n) is 5.11. The number of allylic oxidation sites excluding steroid dienone is 1. The van der Waals surface area contributed by atoms with E-state index in [2.05, 4.69) is 0 Å². The minimum absolute atomic E-state index is 0.103. The van der Waals surface area contributed by atoms with Gasteiger partial charge in [-0.1, -0.05) is 42.5 Å². The Labute approximate surface area is 140 Å². The van der Waals surface area contributed by atoms with E-state index in [4.69, 9.17) is 15.7 Å². The normalized spacial score (nSPS) is 11.2. The quantitative estimate of drug-likeness (QED) is 0.519. The first-order chi connectivity index (χ1) is 11.5. The molecule has 0 aliphatic heterocycles. The van der Waals surface area contributed by atoms with Crippen molar-refractivity contribution in [2.24, 2.45) is 5.73 Å². The summed E-state index contributed by atoms with van der Waals surface area (Å²) in [6.45, 7) is 0.928. The van der Waals surface area contributed by atoms with Crippen LogP contribution in [-0.2, 0) is 9.53 Å². The predicted octanol–water partition coefficient (Wildman–Crippen LogP) is 2.84. The Bertz CT molecular complexity index is 812. The zero-order chi connectivity index (χ0) is 17.5. The van der Waals surface area contributed by atoms with Crippen LogP contribution in [0, 0.1) is 11.3 Å². The zero-order valence-corrected chi connectivity index (χ0v) is 13.2. The molecule has 0 saturated heterocycles. The van der Waals surface area contributed by atoms with Crippen LogP contribution in [0.4, 0.5) is 0 Å². The lowest BCUT2D eigenvalue weighted by atomic mass is 10.0. The maximum atomic E-state index is 12.0. The van der Waals surface area contributed by atoms with Gasteiger partial charge in [-0.15, -0.1) is 0 Å². The van der Waals surface area contributed by atoms with Gasteiger partial charge in [-0.05, 0) is 30.2 Å². The van der Waals surface area contributed by atoms with Crippen molar-refractivity contribution in [3.8, 4) is 17.2 Å². The lowest BCUT2D eigenvalue weighted by molar-refractivity contribution is -0.118. The molecule has 0 aliphatic carbocycles. The van der Waals surface area contributed by atoms with Crippen molar-refractivity contribution >= 4 is 11.8 Å². The highest BCUT2D eigenvalue weighted by Gasteiger charge is 2.15. The average molecular weight is 320 g/mol. The third kappa shape index (κ3) is 4.08. The average Bonchev–Trinajstić information content (AvgIpc) is 2.61. The van der Waals surface area contributed by atoms with Gasteiger partial charge in [-0.2, -0.15) is 5.26 Å². The molecule has 0 atom stereocenters. The van der Waals surface area contributed by atoms with Crippen LogP contribution in [0.1, 0.15) is 17.3 Å². The molecule has 0 spiro atoms. The maximum Gasteiger partial charge on any atom is 0.338 e. The lowest BCUT2D eigenvalue weighted by Gasteiger charge is -2.06. The second-order valence-corrected chi connectivity index (χ2v) is 5.11. The van der Waals surface area contributed by atoms with Crippen LogP contribution in [0.3, 0.4) is 0 Å². The summed E-state index contributed by atoms with van der Waals surface area (Å²) in [5.41, 5.74) is 7.68. The topological polar surface area (TPSA) is 93.2 Å². The number of esters is 1. The largest absolute Gasteiger partial charge is 0.454 e. The van der Waals surface area contributed by atoms with E-state index in [1.165, 1.54) is 6.92 Å². The van der Waals surface area contributed by atoms with Crippen LogP contribution in [0.2, 0.25) is 0 Å². The van der Waals surface area contributed by atoms with Gasteiger partial charge in [0.1, 0.15) is 11.6 Å². The van der Waals surface area contributed by atoms with Crippen molar-refractivity contribution in [3.05, 3.63) is 71.4 Å².